The summed E-state index contributed by atoms with van der Waals surface area (Å²) in [6, 6.07) is 4.84. The van der Waals surface area contributed by atoms with E-state index in [1.807, 2.05) is 9.80 Å². The van der Waals surface area contributed by atoms with E-state index < -0.39 is 11.7 Å². The van der Waals surface area contributed by atoms with Crippen LogP contribution in [0.2, 0.25) is 0 Å². The Morgan fingerprint density at radius 1 is 0.914 bits per heavy atom. The fraction of sp³-hybridized carbons (Fsp3) is 0.583. The Hall–Kier alpha value is -2.95. The molecule has 0 atom stereocenters. The Balaban J connectivity index is 1.10. The van der Waals surface area contributed by atoms with Gasteiger partial charge in [0.25, 0.3) is 0 Å². The van der Waals surface area contributed by atoms with Crippen LogP contribution in [0.3, 0.4) is 0 Å². The van der Waals surface area contributed by atoms with Crippen LogP contribution in [0.4, 0.5) is 13.2 Å². The number of piperidine rings is 1. The Kier molecular flexibility index (Phi) is 6.52. The van der Waals surface area contributed by atoms with Crippen molar-refractivity contribution in [3.63, 3.8) is 0 Å². The summed E-state index contributed by atoms with van der Waals surface area (Å²) in [6.07, 6.45) is -1.00. The largest absolute Gasteiger partial charge is 0.416 e. The molecule has 2 saturated heterocycles. The minimum absolute atomic E-state index is 0.0317. The normalized spacial score (nSPS) is 20.3. The summed E-state index contributed by atoms with van der Waals surface area (Å²) in [6.45, 7) is 4.17. The molecule has 0 spiro atoms. The van der Waals surface area contributed by atoms with Crippen molar-refractivity contribution in [2.75, 3.05) is 39.3 Å². The van der Waals surface area contributed by atoms with Gasteiger partial charge in [-0.2, -0.15) is 18.2 Å². The topological polar surface area (TPSA) is 82.8 Å². The molecule has 5 rings (SSSR count). The van der Waals surface area contributed by atoms with Crippen LogP contribution in [0.15, 0.2) is 28.8 Å². The maximum absolute atomic E-state index is 13.0. The van der Waals surface area contributed by atoms with Gasteiger partial charge in [-0.3, -0.25) is 14.5 Å². The highest BCUT2D eigenvalue weighted by Crippen LogP contribution is 2.33. The number of nitrogens with zero attached hydrogens (tertiary/aromatic N) is 5. The smallest absolute Gasteiger partial charge is 0.342 e. The standard InChI is InChI=1S/C24H28F3N5O3/c25-24(26,27)19-3-1-2-18(14-19)21-28-20(35-29-21)15-30-10-12-32(13-11-30)23(34)17-6-8-31(9-7-17)22(33)16-4-5-16/h1-3,14,16-17H,4-13,15H2. The SMILES string of the molecule is O=C(C1CC1)N1CCC(C(=O)N2CCN(Cc3nc(-c4cccc(C(F)(F)F)c4)no3)CC2)CC1. The Bertz CT molecular complexity index is 1070. The second-order valence-corrected chi connectivity index (χ2v) is 9.57. The fourth-order valence-corrected chi connectivity index (χ4v) is 4.78. The lowest BCUT2D eigenvalue weighted by Gasteiger charge is -2.38. The van der Waals surface area contributed by atoms with Crippen LogP contribution >= 0.6 is 0 Å². The first-order valence-corrected chi connectivity index (χ1v) is 12.1. The molecule has 2 aliphatic heterocycles. The Morgan fingerprint density at radius 2 is 1.54 bits per heavy atom. The lowest BCUT2D eigenvalue weighted by molar-refractivity contribution is -0.142. The van der Waals surface area contributed by atoms with Gasteiger partial charge in [0.1, 0.15) is 0 Å². The van der Waals surface area contributed by atoms with E-state index >= 15 is 0 Å². The van der Waals surface area contributed by atoms with Gasteiger partial charge in [-0.05, 0) is 37.8 Å². The molecule has 8 nitrogen and oxygen atoms in total. The zero-order valence-electron chi connectivity index (χ0n) is 19.3. The van der Waals surface area contributed by atoms with Crippen LogP contribution in [0.25, 0.3) is 11.4 Å². The zero-order chi connectivity index (χ0) is 24.6. The number of benzene rings is 1. The number of carbonyl (C=O) groups is 2. The summed E-state index contributed by atoms with van der Waals surface area (Å²) in [5, 5.41) is 3.84. The number of carbonyl (C=O) groups excluding carboxylic acids is 2. The second-order valence-electron chi connectivity index (χ2n) is 9.57. The van der Waals surface area contributed by atoms with Gasteiger partial charge in [0.15, 0.2) is 0 Å². The summed E-state index contributed by atoms with van der Waals surface area (Å²) in [5.74, 6) is 1.04. The lowest BCUT2D eigenvalue weighted by Crippen LogP contribution is -2.51. The molecule has 188 valence electrons. The third-order valence-electron chi connectivity index (χ3n) is 7.04. The maximum atomic E-state index is 13.0. The molecule has 11 heteroatoms. The van der Waals surface area contributed by atoms with Crippen molar-refractivity contribution in [3.8, 4) is 11.4 Å². The van der Waals surface area contributed by atoms with Crippen LogP contribution in [-0.4, -0.2) is 75.9 Å². The van der Waals surface area contributed by atoms with Crippen molar-refractivity contribution in [2.24, 2.45) is 11.8 Å². The van der Waals surface area contributed by atoms with Crippen molar-refractivity contribution in [2.45, 2.75) is 38.4 Å². The van der Waals surface area contributed by atoms with Gasteiger partial charge in [-0.1, -0.05) is 17.3 Å². The first kappa shape index (κ1) is 23.8. The lowest BCUT2D eigenvalue weighted by atomic mass is 9.94. The van der Waals surface area contributed by atoms with Crippen molar-refractivity contribution >= 4 is 11.8 Å². The molecule has 0 radical (unpaired) electrons. The van der Waals surface area contributed by atoms with Gasteiger partial charge >= 0.3 is 6.18 Å². The number of hydrogen-bond acceptors (Lipinski definition) is 6. The summed E-state index contributed by atoms with van der Waals surface area (Å²) < 4.78 is 44.2. The molecule has 3 heterocycles. The monoisotopic (exact) mass is 491 g/mol. The van der Waals surface area contributed by atoms with Crippen LogP contribution in [0, 0.1) is 11.8 Å². The minimum Gasteiger partial charge on any atom is -0.342 e. The van der Waals surface area contributed by atoms with E-state index in [9.17, 15) is 22.8 Å². The van der Waals surface area contributed by atoms with Gasteiger partial charge in [0.2, 0.25) is 23.5 Å². The zero-order valence-corrected chi connectivity index (χ0v) is 19.3. The van der Waals surface area contributed by atoms with Gasteiger partial charge < -0.3 is 14.3 Å². The highest BCUT2D eigenvalue weighted by Gasteiger charge is 2.37. The van der Waals surface area contributed by atoms with E-state index in [1.165, 1.54) is 12.1 Å². The van der Waals surface area contributed by atoms with Crippen LogP contribution in [0.5, 0.6) is 0 Å². The Morgan fingerprint density at radius 3 is 2.17 bits per heavy atom. The van der Waals surface area contributed by atoms with Crippen LogP contribution < -0.4 is 0 Å². The number of piperazine rings is 1. The van der Waals surface area contributed by atoms with Crippen molar-refractivity contribution in [1.29, 1.82) is 0 Å². The number of alkyl halides is 3. The molecular formula is C24H28F3N5O3. The van der Waals surface area contributed by atoms with Crippen molar-refractivity contribution in [1.82, 2.24) is 24.8 Å². The van der Waals surface area contributed by atoms with E-state index in [0.717, 1.165) is 37.8 Å². The van der Waals surface area contributed by atoms with E-state index in [4.69, 9.17) is 4.52 Å². The van der Waals surface area contributed by atoms with Gasteiger partial charge in [0, 0.05) is 56.7 Å². The molecule has 1 saturated carbocycles. The molecule has 3 fully saturated rings. The minimum atomic E-state index is -4.44. The summed E-state index contributed by atoms with van der Waals surface area (Å²) >= 11 is 0. The number of rotatable bonds is 5. The molecule has 3 aliphatic rings. The molecule has 0 N–H and O–H groups in total. The molecule has 1 aromatic carbocycles. The molecule has 2 amide bonds. The van der Waals surface area contributed by atoms with E-state index in [1.54, 1.807) is 0 Å². The van der Waals surface area contributed by atoms with E-state index in [2.05, 4.69) is 15.0 Å². The van der Waals surface area contributed by atoms with Crippen LogP contribution in [-0.2, 0) is 22.3 Å². The third-order valence-corrected chi connectivity index (χ3v) is 7.04. The number of likely N-dealkylation sites (tertiary alicyclic amines) is 1. The Labute approximate surface area is 201 Å². The average Bonchev–Trinajstić information content (AvgIpc) is 3.62. The predicted molar refractivity (Wildman–Crippen MR) is 119 cm³/mol. The van der Waals surface area contributed by atoms with E-state index in [-0.39, 0.29) is 35.0 Å². The maximum Gasteiger partial charge on any atom is 0.416 e. The molecule has 1 aliphatic carbocycles. The molecule has 1 aromatic heterocycles. The number of amides is 2. The van der Waals surface area contributed by atoms with Crippen LogP contribution in [0.1, 0.15) is 37.1 Å². The molecular weight excluding hydrogens is 463 g/mol. The number of halogens is 3. The average molecular weight is 492 g/mol. The molecule has 2 aromatic rings. The van der Waals surface area contributed by atoms with Crippen molar-refractivity contribution in [3.05, 3.63) is 35.7 Å². The molecule has 0 bridgehead atoms. The van der Waals surface area contributed by atoms with Crippen molar-refractivity contribution < 1.29 is 27.3 Å². The highest BCUT2D eigenvalue weighted by molar-refractivity contribution is 5.82. The first-order chi connectivity index (χ1) is 16.8. The van der Waals surface area contributed by atoms with Gasteiger partial charge in [0.05, 0.1) is 12.1 Å². The fourth-order valence-electron chi connectivity index (χ4n) is 4.78. The summed E-state index contributed by atoms with van der Waals surface area (Å²) in [4.78, 5) is 35.4. The highest BCUT2D eigenvalue weighted by atomic mass is 19.4. The molecule has 35 heavy (non-hydrogen) atoms. The van der Waals surface area contributed by atoms with Gasteiger partial charge in [-0.25, -0.2) is 0 Å². The molecule has 0 unspecified atom stereocenters. The first-order valence-electron chi connectivity index (χ1n) is 12.1. The summed E-state index contributed by atoms with van der Waals surface area (Å²) in [7, 11) is 0. The number of aromatic nitrogens is 2. The van der Waals surface area contributed by atoms with E-state index in [0.29, 0.717) is 51.7 Å². The third kappa shape index (κ3) is 5.50. The van der Waals surface area contributed by atoms with Gasteiger partial charge in [-0.15, -0.1) is 0 Å². The quantitative estimate of drug-likeness (QED) is 0.640. The predicted octanol–water partition coefficient (Wildman–Crippen LogP) is 3.05. The second kappa shape index (κ2) is 9.60. The number of hydrogen-bond donors (Lipinski definition) is 0. The summed E-state index contributed by atoms with van der Waals surface area (Å²) in [5.41, 5.74) is -0.516.